The summed E-state index contributed by atoms with van der Waals surface area (Å²) in [7, 11) is 1.72. The number of hydrogen-bond acceptors (Lipinski definition) is 8. The number of ether oxygens (including phenoxy) is 1. The maximum Gasteiger partial charge on any atom is 0.452 e. The number of nitrogens with zero attached hydrogens (tertiary/aromatic N) is 4. The smallest absolute Gasteiger partial charge is 0.452 e. The van der Waals surface area contributed by atoms with E-state index in [0.717, 1.165) is 25.7 Å². The number of hydrogen-bond donors (Lipinski definition) is 2. The lowest BCUT2D eigenvalue weighted by Crippen LogP contribution is -2.42. The Hall–Kier alpha value is -2.47. The first kappa shape index (κ1) is 27.1. The minimum absolute atomic E-state index is 0.00370. The number of aromatic nitrogens is 3. The van der Waals surface area contributed by atoms with Gasteiger partial charge in [-0.1, -0.05) is 20.8 Å². The average Bonchev–Trinajstić information content (AvgIpc) is 3.26. The molecule has 0 aromatic carbocycles. The van der Waals surface area contributed by atoms with Crippen molar-refractivity contribution in [3.05, 3.63) is 23.7 Å². The molecule has 0 spiro atoms. The number of alkyl halides is 3. The van der Waals surface area contributed by atoms with Gasteiger partial charge in [0.15, 0.2) is 5.82 Å². The Kier molecular flexibility index (Phi) is 8.92. The molecule has 1 saturated carbocycles. The maximum atomic E-state index is 13.1. The van der Waals surface area contributed by atoms with Gasteiger partial charge in [-0.3, -0.25) is 4.79 Å². The summed E-state index contributed by atoms with van der Waals surface area (Å²) in [5, 5.41) is 12.2. The van der Waals surface area contributed by atoms with Crippen LogP contribution in [0.3, 0.4) is 0 Å². The fourth-order valence-corrected chi connectivity index (χ4v) is 4.94. The number of carbonyl (C=O) groups is 1. The molecule has 0 radical (unpaired) electrons. The van der Waals surface area contributed by atoms with Crippen LogP contribution in [0.2, 0.25) is 0 Å². The highest BCUT2D eigenvalue weighted by Gasteiger charge is 2.36. The molecular weight excluding hydrogens is 483 g/mol. The molecular formula is C23H32F3N5O3S. The molecule has 0 aliphatic heterocycles. The largest absolute Gasteiger partial charge is 0.481 e. The van der Waals surface area contributed by atoms with Crippen LogP contribution in [-0.4, -0.2) is 51.2 Å². The van der Waals surface area contributed by atoms with Crippen LogP contribution in [0, 0.1) is 5.92 Å². The van der Waals surface area contributed by atoms with E-state index in [-0.39, 0.29) is 29.6 Å². The predicted molar refractivity (Wildman–Crippen MR) is 128 cm³/mol. The lowest BCUT2D eigenvalue weighted by Gasteiger charge is -2.39. The van der Waals surface area contributed by atoms with E-state index in [1.807, 2.05) is 0 Å². The minimum Gasteiger partial charge on any atom is -0.481 e. The van der Waals surface area contributed by atoms with Crippen molar-refractivity contribution < 1.29 is 27.8 Å². The Balaban J connectivity index is 1.99. The number of rotatable bonds is 10. The number of carboxylic acid groups (broad SMARTS) is 1. The van der Waals surface area contributed by atoms with Gasteiger partial charge in [0, 0.05) is 37.4 Å². The van der Waals surface area contributed by atoms with E-state index >= 15 is 0 Å². The lowest BCUT2D eigenvalue weighted by molar-refractivity contribution is -0.144. The van der Waals surface area contributed by atoms with E-state index < -0.39 is 18.0 Å². The monoisotopic (exact) mass is 515 g/mol. The number of nitrogens with one attached hydrogen (secondary N) is 1. The van der Waals surface area contributed by atoms with Gasteiger partial charge in [-0.05, 0) is 49.1 Å². The van der Waals surface area contributed by atoms with E-state index in [1.54, 1.807) is 26.3 Å². The van der Waals surface area contributed by atoms with Gasteiger partial charge in [-0.25, -0.2) is 4.98 Å². The highest BCUT2D eigenvalue weighted by molar-refractivity contribution is 7.09. The summed E-state index contributed by atoms with van der Waals surface area (Å²) in [4.78, 5) is 21.7. The third-order valence-corrected chi connectivity index (χ3v) is 6.74. The van der Waals surface area contributed by atoms with Crippen LogP contribution in [0.25, 0.3) is 0 Å². The first-order chi connectivity index (χ1) is 16.5. The first-order valence-electron chi connectivity index (χ1n) is 11.7. The zero-order valence-corrected chi connectivity index (χ0v) is 21.1. The molecule has 1 aliphatic carbocycles. The predicted octanol–water partition coefficient (Wildman–Crippen LogP) is 5.69. The van der Waals surface area contributed by atoms with Gasteiger partial charge in [-0.2, -0.15) is 22.5 Å². The molecule has 2 heterocycles. The van der Waals surface area contributed by atoms with Gasteiger partial charge < -0.3 is 20.1 Å². The highest BCUT2D eigenvalue weighted by Crippen LogP contribution is 2.37. The summed E-state index contributed by atoms with van der Waals surface area (Å²) in [6.07, 6.45) is 0.784. The normalized spacial score (nSPS) is 19.5. The summed E-state index contributed by atoms with van der Waals surface area (Å²) >= 11 is 0.620. The van der Waals surface area contributed by atoms with Gasteiger partial charge >= 0.3 is 12.1 Å². The molecule has 8 nitrogen and oxygen atoms in total. The molecule has 1 atom stereocenters. The van der Waals surface area contributed by atoms with E-state index in [1.165, 1.54) is 0 Å². The van der Waals surface area contributed by atoms with Gasteiger partial charge in [0.1, 0.15) is 0 Å². The molecule has 1 aliphatic rings. The van der Waals surface area contributed by atoms with Gasteiger partial charge in [-0.15, -0.1) is 0 Å². The van der Waals surface area contributed by atoms with Crippen molar-refractivity contribution in [1.82, 2.24) is 14.3 Å². The van der Waals surface area contributed by atoms with Gasteiger partial charge in [0.05, 0.1) is 18.2 Å². The van der Waals surface area contributed by atoms with Crippen molar-refractivity contribution in [3.63, 3.8) is 0 Å². The van der Waals surface area contributed by atoms with Crippen LogP contribution in [0.5, 0.6) is 0 Å². The molecule has 0 amide bonds. The summed E-state index contributed by atoms with van der Waals surface area (Å²) < 4.78 is 48.1. The van der Waals surface area contributed by atoms with Crippen molar-refractivity contribution >= 4 is 34.1 Å². The molecule has 0 unspecified atom stereocenters. The average molecular weight is 516 g/mol. The second kappa shape index (κ2) is 11.5. The molecule has 35 heavy (non-hydrogen) atoms. The standard InChI is InChI=1S/C23H32F3N5O3S/c1-13(2)12-31(16-5-7-17(34-4)8-6-16)20-18(10-15(11-27-20)14(3)9-19(32)33)28-22-29-21(30-35-22)23(24,25)26/h10-11,13-14,16-17H,5-9,12H2,1-4H3,(H,32,33)(H,28,29,30)/t14-,16?,17?/m1/s1. The van der Waals surface area contributed by atoms with Crippen molar-refractivity contribution in [2.24, 2.45) is 5.92 Å². The molecule has 0 bridgehead atoms. The number of anilines is 3. The number of aliphatic carboxylic acids is 1. The molecule has 0 saturated heterocycles. The van der Waals surface area contributed by atoms with Crippen LogP contribution in [-0.2, 0) is 15.7 Å². The Morgan fingerprint density at radius 1 is 1.29 bits per heavy atom. The number of pyridine rings is 1. The third kappa shape index (κ3) is 7.26. The first-order valence-corrected chi connectivity index (χ1v) is 12.4. The Bertz CT molecular complexity index is 993. The summed E-state index contributed by atoms with van der Waals surface area (Å²) in [5.41, 5.74) is 1.16. The quantitative estimate of drug-likeness (QED) is 0.416. The number of methoxy groups -OCH3 is 1. The molecule has 3 rings (SSSR count). The second-order valence-electron chi connectivity index (χ2n) is 9.40. The zero-order valence-electron chi connectivity index (χ0n) is 20.3. The maximum absolute atomic E-state index is 13.1. The van der Waals surface area contributed by atoms with Crippen molar-refractivity contribution in [2.45, 2.75) is 77.1 Å². The van der Waals surface area contributed by atoms with E-state index in [4.69, 9.17) is 9.72 Å². The molecule has 2 aromatic heterocycles. The van der Waals surface area contributed by atoms with E-state index in [2.05, 4.69) is 33.4 Å². The van der Waals surface area contributed by atoms with Crippen molar-refractivity contribution in [3.8, 4) is 0 Å². The number of halogens is 3. The second-order valence-corrected chi connectivity index (χ2v) is 10.1. The molecule has 1 fully saturated rings. The minimum atomic E-state index is -4.64. The van der Waals surface area contributed by atoms with Crippen molar-refractivity contribution in [2.75, 3.05) is 23.9 Å². The molecule has 194 valence electrons. The van der Waals surface area contributed by atoms with E-state index in [9.17, 15) is 23.1 Å². The van der Waals surface area contributed by atoms with Crippen LogP contribution in [0.1, 0.15) is 70.2 Å². The van der Waals surface area contributed by atoms with Gasteiger partial charge in [0.2, 0.25) is 11.0 Å². The Morgan fingerprint density at radius 3 is 2.51 bits per heavy atom. The van der Waals surface area contributed by atoms with Crippen LogP contribution in [0.4, 0.5) is 29.8 Å². The lowest BCUT2D eigenvalue weighted by atomic mass is 9.91. The van der Waals surface area contributed by atoms with Crippen LogP contribution < -0.4 is 10.2 Å². The number of carboxylic acids is 1. The van der Waals surface area contributed by atoms with Crippen LogP contribution >= 0.6 is 11.5 Å². The zero-order chi connectivity index (χ0) is 25.8. The third-order valence-electron chi connectivity index (χ3n) is 6.11. The van der Waals surface area contributed by atoms with Crippen LogP contribution in [0.15, 0.2) is 12.3 Å². The molecule has 2 aromatic rings. The SMILES string of the molecule is COC1CCC(N(CC(C)C)c2ncc([C@H](C)CC(=O)O)cc2Nc2nc(C(F)(F)F)ns2)CC1. The fourth-order valence-electron chi connectivity index (χ4n) is 4.34. The Labute approximate surface area is 207 Å². The van der Waals surface area contributed by atoms with E-state index in [0.29, 0.717) is 41.1 Å². The molecule has 2 N–H and O–H groups in total. The molecule has 12 heteroatoms. The summed E-state index contributed by atoms with van der Waals surface area (Å²) in [5.74, 6) is -1.55. The Morgan fingerprint density at radius 2 is 1.97 bits per heavy atom. The summed E-state index contributed by atoms with van der Waals surface area (Å²) in [6.45, 7) is 6.69. The van der Waals surface area contributed by atoms with Crippen molar-refractivity contribution in [1.29, 1.82) is 0 Å². The summed E-state index contributed by atoms with van der Waals surface area (Å²) in [6, 6.07) is 1.96. The topological polar surface area (TPSA) is 100 Å². The van der Waals surface area contributed by atoms with Gasteiger partial charge in [0.25, 0.3) is 0 Å². The highest BCUT2D eigenvalue weighted by atomic mass is 32.1. The fraction of sp³-hybridized carbons (Fsp3) is 0.652.